The van der Waals surface area contributed by atoms with Crippen molar-refractivity contribution in [2.45, 2.75) is 6.92 Å². The molecular weight excluding hydrogens is 386 g/mol. The van der Waals surface area contributed by atoms with E-state index in [4.69, 9.17) is 4.74 Å². The first-order chi connectivity index (χ1) is 9.49. The van der Waals surface area contributed by atoms with E-state index < -0.39 is 0 Å². The van der Waals surface area contributed by atoms with Crippen LogP contribution < -0.4 is 10.1 Å². The summed E-state index contributed by atoms with van der Waals surface area (Å²) >= 11 is 6.78. The normalized spacial score (nSPS) is 10.2. The molecule has 5 heteroatoms. The molecule has 0 spiro atoms. The maximum Gasteiger partial charge on any atom is 0.256 e. The predicted molar refractivity (Wildman–Crippen MR) is 87.5 cm³/mol. The van der Waals surface area contributed by atoms with Gasteiger partial charge in [-0.05, 0) is 47.1 Å². The van der Waals surface area contributed by atoms with Crippen LogP contribution in [0, 0.1) is 6.92 Å². The van der Waals surface area contributed by atoms with Crippen molar-refractivity contribution in [2.24, 2.45) is 0 Å². The summed E-state index contributed by atoms with van der Waals surface area (Å²) in [7, 11) is 1.59. The molecule has 0 saturated carbocycles. The largest absolute Gasteiger partial charge is 0.497 e. The number of anilines is 1. The molecule has 1 N–H and O–H groups in total. The number of nitrogens with one attached hydrogen (secondary N) is 1. The number of amides is 1. The van der Waals surface area contributed by atoms with Crippen molar-refractivity contribution in [1.29, 1.82) is 0 Å². The summed E-state index contributed by atoms with van der Waals surface area (Å²) in [6, 6.07) is 11.1. The van der Waals surface area contributed by atoms with Crippen molar-refractivity contribution in [1.82, 2.24) is 0 Å². The fourth-order valence-electron chi connectivity index (χ4n) is 1.76. The lowest BCUT2D eigenvalue weighted by Crippen LogP contribution is -2.12. The van der Waals surface area contributed by atoms with Crippen LogP contribution >= 0.6 is 31.9 Å². The Hall–Kier alpha value is -1.33. The molecule has 0 heterocycles. The molecule has 2 rings (SSSR count). The van der Waals surface area contributed by atoms with Gasteiger partial charge < -0.3 is 10.1 Å². The SMILES string of the molecule is COc1cc(Br)cc(NC(=O)c2cc(C)ccc2Br)c1. The first-order valence-corrected chi connectivity index (χ1v) is 7.50. The lowest BCUT2D eigenvalue weighted by molar-refractivity contribution is 0.102. The number of hydrogen-bond acceptors (Lipinski definition) is 2. The zero-order chi connectivity index (χ0) is 14.7. The number of rotatable bonds is 3. The molecule has 1 amide bonds. The van der Waals surface area contributed by atoms with Gasteiger partial charge >= 0.3 is 0 Å². The molecule has 2 aromatic carbocycles. The summed E-state index contributed by atoms with van der Waals surface area (Å²) in [5.74, 6) is 0.513. The van der Waals surface area contributed by atoms with Crippen LogP contribution in [0.3, 0.4) is 0 Å². The first-order valence-electron chi connectivity index (χ1n) is 5.91. The summed E-state index contributed by atoms with van der Waals surface area (Å²) < 4.78 is 6.78. The van der Waals surface area contributed by atoms with Crippen molar-refractivity contribution >= 4 is 43.5 Å². The second kappa shape index (κ2) is 6.41. The Morgan fingerprint density at radius 2 is 1.90 bits per heavy atom. The fourth-order valence-corrected chi connectivity index (χ4v) is 2.66. The minimum absolute atomic E-state index is 0.166. The predicted octanol–water partition coefficient (Wildman–Crippen LogP) is 4.78. The van der Waals surface area contributed by atoms with Crippen molar-refractivity contribution in [2.75, 3.05) is 12.4 Å². The summed E-state index contributed by atoms with van der Waals surface area (Å²) in [5, 5.41) is 2.86. The minimum Gasteiger partial charge on any atom is -0.497 e. The number of carbonyl (C=O) groups is 1. The lowest BCUT2D eigenvalue weighted by Gasteiger charge is -2.10. The first kappa shape index (κ1) is 15.1. The van der Waals surface area contributed by atoms with Gasteiger partial charge in [-0.2, -0.15) is 0 Å². The smallest absolute Gasteiger partial charge is 0.256 e. The van der Waals surface area contributed by atoms with E-state index in [1.165, 1.54) is 0 Å². The van der Waals surface area contributed by atoms with E-state index in [0.29, 0.717) is 17.0 Å². The Balaban J connectivity index is 2.27. The van der Waals surface area contributed by atoms with E-state index in [9.17, 15) is 4.79 Å². The van der Waals surface area contributed by atoms with E-state index in [0.717, 1.165) is 14.5 Å². The Morgan fingerprint density at radius 3 is 2.60 bits per heavy atom. The van der Waals surface area contributed by atoms with Crippen LogP contribution in [0.5, 0.6) is 5.75 Å². The van der Waals surface area contributed by atoms with Crippen molar-refractivity contribution < 1.29 is 9.53 Å². The lowest BCUT2D eigenvalue weighted by atomic mass is 10.1. The molecule has 2 aromatic rings. The number of benzene rings is 2. The topological polar surface area (TPSA) is 38.3 Å². The van der Waals surface area contributed by atoms with Gasteiger partial charge in [-0.25, -0.2) is 0 Å². The summed E-state index contributed by atoms with van der Waals surface area (Å²) in [6.07, 6.45) is 0. The number of methoxy groups -OCH3 is 1. The van der Waals surface area contributed by atoms with Gasteiger partial charge in [0.15, 0.2) is 0 Å². The molecule has 3 nitrogen and oxygen atoms in total. The van der Waals surface area contributed by atoms with E-state index in [-0.39, 0.29) is 5.91 Å². The highest BCUT2D eigenvalue weighted by molar-refractivity contribution is 9.10. The van der Waals surface area contributed by atoms with Gasteiger partial charge in [0.25, 0.3) is 5.91 Å². The maximum absolute atomic E-state index is 12.3. The number of hydrogen-bond donors (Lipinski definition) is 1. The van der Waals surface area contributed by atoms with Gasteiger partial charge in [0, 0.05) is 20.7 Å². The van der Waals surface area contributed by atoms with Gasteiger partial charge in [-0.15, -0.1) is 0 Å². The monoisotopic (exact) mass is 397 g/mol. The van der Waals surface area contributed by atoms with Crippen LogP contribution in [-0.4, -0.2) is 13.0 Å². The van der Waals surface area contributed by atoms with Crippen LogP contribution in [0.2, 0.25) is 0 Å². The van der Waals surface area contributed by atoms with Crippen LogP contribution in [-0.2, 0) is 0 Å². The van der Waals surface area contributed by atoms with Gasteiger partial charge in [0.1, 0.15) is 5.75 Å². The number of ether oxygens (including phenoxy) is 1. The van der Waals surface area contributed by atoms with Crippen LogP contribution in [0.4, 0.5) is 5.69 Å². The summed E-state index contributed by atoms with van der Waals surface area (Å²) in [5.41, 5.74) is 2.31. The third-order valence-corrected chi connectivity index (χ3v) is 3.88. The minimum atomic E-state index is -0.166. The zero-order valence-electron chi connectivity index (χ0n) is 11.0. The van der Waals surface area contributed by atoms with Gasteiger partial charge in [-0.1, -0.05) is 27.6 Å². The number of halogens is 2. The molecule has 20 heavy (non-hydrogen) atoms. The van der Waals surface area contributed by atoms with E-state index in [1.807, 2.05) is 37.3 Å². The second-order valence-electron chi connectivity index (χ2n) is 4.32. The quantitative estimate of drug-likeness (QED) is 0.807. The Kier molecular flexibility index (Phi) is 4.83. The van der Waals surface area contributed by atoms with Crippen LogP contribution in [0.1, 0.15) is 15.9 Å². The molecule has 0 saturated heterocycles. The molecule has 0 aromatic heterocycles. The Bertz CT molecular complexity index is 656. The molecular formula is C15H13Br2NO2. The van der Waals surface area contributed by atoms with Gasteiger partial charge in [0.2, 0.25) is 0 Å². The average Bonchev–Trinajstić information content (AvgIpc) is 2.40. The zero-order valence-corrected chi connectivity index (χ0v) is 14.2. The molecule has 0 unspecified atom stereocenters. The molecule has 0 atom stereocenters. The third-order valence-electron chi connectivity index (χ3n) is 2.73. The van der Waals surface area contributed by atoms with Crippen molar-refractivity contribution in [3.63, 3.8) is 0 Å². The Morgan fingerprint density at radius 1 is 1.15 bits per heavy atom. The molecule has 104 valence electrons. The molecule has 0 aliphatic carbocycles. The molecule has 0 fully saturated rings. The molecule has 0 radical (unpaired) electrons. The molecule has 0 aliphatic heterocycles. The van der Waals surface area contributed by atoms with Gasteiger partial charge in [-0.3, -0.25) is 4.79 Å². The average molecular weight is 399 g/mol. The second-order valence-corrected chi connectivity index (χ2v) is 6.09. The molecule has 0 bridgehead atoms. The summed E-state index contributed by atoms with van der Waals surface area (Å²) in [6.45, 7) is 1.95. The molecule has 0 aliphatic rings. The van der Waals surface area contributed by atoms with Gasteiger partial charge in [0.05, 0.1) is 12.7 Å². The number of aryl methyl sites for hydroxylation is 1. The van der Waals surface area contributed by atoms with E-state index >= 15 is 0 Å². The van der Waals surface area contributed by atoms with Crippen molar-refractivity contribution in [3.8, 4) is 5.75 Å². The van der Waals surface area contributed by atoms with Crippen LogP contribution in [0.25, 0.3) is 0 Å². The highest BCUT2D eigenvalue weighted by Gasteiger charge is 2.11. The standard InChI is InChI=1S/C15H13Br2NO2/c1-9-3-4-14(17)13(5-9)15(19)18-11-6-10(16)7-12(8-11)20-2/h3-8H,1-2H3,(H,18,19). The van der Waals surface area contributed by atoms with Crippen LogP contribution in [0.15, 0.2) is 45.3 Å². The number of carbonyl (C=O) groups excluding carboxylic acids is 1. The van der Waals surface area contributed by atoms with E-state index in [1.54, 1.807) is 13.2 Å². The maximum atomic E-state index is 12.3. The summed E-state index contributed by atoms with van der Waals surface area (Å²) in [4.78, 5) is 12.3. The Labute approximate surface area is 134 Å². The third kappa shape index (κ3) is 3.61. The highest BCUT2D eigenvalue weighted by Crippen LogP contribution is 2.26. The fraction of sp³-hybridized carbons (Fsp3) is 0.133. The van der Waals surface area contributed by atoms with Crippen molar-refractivity contribution in [3.05, 3.63) is 56.5 Å². The van der Waals surface area contributed by atoms with E-state index in [2.05, 4.69) is 37.2 Å². The highest BCUT2D eigenvalue weighted by atomic mass is 79.9.